The Labute approximate surface area is 152 Å². The molecule has 128 valence electrons. The van der Waals surface area contributed by atoms with Crippen molar-refractivity contribution in [3.63, 3.8) is 0 Å². The van der Waals surface area contributed by atoms with Crippen molar-refractivity contribution >= 4 is 27.3 Å². The van der Waals surface area contributed by atoms with Gasteiger partial charge in [-0.3, -0.25) is 14.6 Å². The minimum absolute atomic E-state index is 0.157. The zero-order valence-electron chi connectivity index (χ0n) is 13.9. The summed E-state index contributed by atoms with van der Waals surface area (Å²) >= 11 is 1.14. The minimum atomic E-state index is -0.520. The van der Waals surface area contributed by atoms with Gasteiger partial charge < -0.3 is 0 Å². The summed E-state index contributed by atoms with van der Waals surface area (Å²) in [5.41, 5.74) is 0.685. The molecule has 0 fully saturated rings. The number of carbonyl (C=O) groups is 1. The van der Waals surface area contributed by atoms with Crippen LogP contribution < -0.4 is 11.2 Å². The van der Waals surface area contributed by atoms with Crippen LogP contribution in [0.4, 0.5) is 0 Å². The van der Waals surface area contributed by atoms with Gasteiger partial charge in [0.05, 0.1) is 16.0 Å². The summed E-state index contributed by atoms with van der Waals surface area (Å²) in [5.74, 6) is -0.157. The molecular formula is C20H14N2O3S. The highest BCUT2D eigenvalue weighted by atomic mass is 32.1. The molecule has 0 aliphatic heterocycles. The Hall–Kier alpha value is -3.25. The number of nitrogens with zero attached hydrogens (tertiary/aromatic N) is 1. The molecule has 0 bridgehead atoms. The van der Waals surface area contributed by atoms with E-state index >= 15 is 0 Å². The number of para-hydroxylation sites is 1. The van der Waals surface area contributed by atoms with E-state index in [-0.39, 0.29) is 5.78 Å². The number of aryl methyl sites for hydroxylation is 1. The van der Waals surface area contributed by atoms with Gasteiger partial charge in [-0.15, -0.1) is 11.3 Å². The third kappa shape index (κ3) is 2.51. The molecule has 0 saturated heterocycles. The Bertz CT molecular complexity index is 1240. The molecule has 0 spiro atoms. The summed E-state index contributed by atoms with van der Waals surface area (Å²) in [6, 6.07) is 17.6. The number of benzene rings is 2. The van der Waals surface area contributed by atoms with E-state index < -0.39 is 11.2 Å². The number of nitrogens with one attached hydrogen (secondary N) is 1. The smallest absolute Gasteiger partial charge is 0.298 e. The molecular weight excluding hydrogens is 348 g/mol. The third-order valence-corrected chi connectivity index (χ3v) is 5.45. The summed E-state index contributed by atoms with van der Waals surface area (Å²) in [4.78, 5) is 41.8. The summed E-state index contributed by atoms with van der Waals surface area (Å²) in [5, 5.41) is 0.373. The predicted octanol–water partition coefficient (Wildman–Crippen LogP) is 3.28. The van der Waals surface area contributed by atoms with Crippen LogP contribution >= 0.6 is 11.3 Å². The number of fused-ring (bicyclic) bond motifs is 1. The summed E-state index contributed by atoms with van der Waals surface area (Å²) < 4.78 is 1.10. The molecule has 4 aromatic rings. The van der Waals surface area contributed by atoms with E-state index in [1.807, 2.05) is 12.1 Å². The Balaban J connectivity index is 1.97. The number of thiophene rings is 1. The lowest BCUT2D eigenvalue weighted by atomic mass is 10.1. The molecule has 0 saturated carbocycles. The number of rotatable bonds is 3. The van der Waals surface area contributed by atoms with Gasteiger partial charge in [-0.05, 0) is 24.6 Å². The van der Waals surface area contributed by atoms with Gasteiger partial charge in [0.25, 0.3) is 5.56 Å². The van der Waals surface area contributed by atoms with Crippen molar-refractivity contribution in [3.8, 4) is 5.69 Å². The van der Waals surface area contributed by atoms with Crippen molar-refractivity contribution in [3.05, 3.63) is 97.5 Å². The van der Waals surface area contributed by atoms with Gasteiger partial charge in [-0.25, -0.2) is 9.36 Å². The second-order valence-corrected chi connectivity index (χ2v) is 6.88. The molecule has 1 N–H and O–H groups in total. The maximum atomic E-state index is 13.0. The molecule has 0 atom stereocenters. The maximum absolute atomic E-state index is 13.0. The first kappa shape index (κ1) is 16.2. The highest BCUT2D eigenvalue weighted by Crippen LogP contribution is 2.28. The lowest BCUT2D eigenvalue weighted by Crippen LogP contribution is -2.33. The van der Waals surface area contributed by atoms with Crippen molar-refractivity contribution in [2.45, 2.75) is 6.92 Å². The first-order valence-electron chi connectivity index (χ1n) is 8.01. The topological polar surface area (TPSA) is 71.9 Å². The molecule has 6 heteroatoms. The molecule has 0 unspecified atom stereocenters. The number of carbonyl (C=O) groups excluding carboxylic acids is 1. The lowest BCUT2D eigenvalue weighted by molar-refractivity contribution is 0.104. The van der Waals surface area contributed by atoms with E-state index in [0.717, 1.165) is 15.9 Å². The summed E-state index contributed by atoms with van der Waals surface area (Å²) in [6.07, 6.45) is 0. The van der Waals surface area contributed by atoms with Gasteiger partial charge in [0.1, 0.15) is 4.83 Å². The predicted molar refractivity (Wildman–Crippen MR) is 103 cm³/mol. The van der Waals surface area contributed by atoms with Crippen LogP contribution in [0.3, 0.4) is 0 Å². The number of ketones is 1. The highest BCUT2D eigenvalue weighted by Gasteiger charge is 2.21. The van der Waals surface area contributed by atoms with E-state index in [0.29, 0.717) is 31.9 Å². The van der Waals surface area contributed by atoms with Crippen molar-refractivity contribution in [2.75, 3.05) is 0 Å². The van der Waals surface area contributed by atoms with E-state index in [2.05, 4.69) is 4.98 Å². The molecule has 0 aliphatic rings. The quantitative estimate of drug-likeness (QED) is 0.569. The molecule has 4 rings (SSSR count). The Morgan fingerprint density at radius 3 is 2.23 bits per heavy atom. The molecule has 0 aliphatic carbocycles. The van der Waals surface area contributed by atoms with E-state index in [1.165, 1.54) is 0 Å². The molecule has 26 heavy (non-hydrogen) atoms. The fourth-order valence-corrected chi connectivity index (χ4v) is 4.12. The van der Waals surface area contributed by atoms with Crippen LogP contribution in [0, 0.1) is 6.92 Å². The van der Waals surface area contributed by atoms with E-state index in [1.54, 1.807) is 55.5 Å². The van der Waals surface area contributed by atoms with Crippen molar-refractivity contribution in [2.24, 2.45) is 0 Å². The monoisotopic (exact) mass is 362 g/mol. The maximum Gasteiger partial charge on any atom is 0.334 e. The number of aromatic nitrogens is 2. The van der Waals surface area contributed by atoms with E-state index in [4.69, 9.17) is 0 Å². The first-order valence-corrected chi connectivity index (χ1v) is 8.83. The Morgan fingerprint density at radius 2 is 1.58 bits per heavy atom. The van der Waals surface area contributed by atoms with Crippen LogP contribution in [0.15, 0.2) is 70.3 Å². The number of hydrogen-bond acceptors (Lipinski definition) is 4. The van der Waals surface area contributed by atoms with Crippen LogP contribution in [-0.4, -0.2) is 15.3 Å². The van der Waals surface area contributed by atoms with Gasteiger partial charge in [-0.1, -0.05) is 48.5 Å². The number of H-pyrrole nitrogens is 1. The van der Waals surface area contributed by atoms with Gasteiger partial charge >= 0.3 is 5.69 Å². The van der Waals surface area contributed by atoms with Gasteiger partial charge in [0.2, 0.25) is 5.78 Å². The van der Waals surface area contributed by atoms with Crippen molar-refractivity contribution < 1.29 is 4.79 Å². The molecule has 2 heterocycles. The van der Waals surface area contributed by atoms with Crippen molar-refractivity contribution in [1.82, 2.24) is 9.55 Å². The van der Waals surface area contributed by atoms with Crippen LogP contribution in [0.2, 0.25) is 0 Å². The molecule has 2 aromatic heterocycles. The molecule has 5 nitrogen and oxygen atoms in total. The standard InChI is InChI=1S/C20H14N2O3S/c1-12-15-18(26-17(12)16(23)13-8-4-2-5-9-13)21-20(25)22(19(15)24)14-10-6-3-7-11-14/h2-11H,1H3,(H,21,25). The number of hydrogen-bond donors (Lipinski definition) is 1. The Kier molecular flexibility index (Phi) is 3.89. The van der Waals surface area contributed by atoms with Gasteiger partial charge in [0.15, 0.2) is 0 Å². The van der Waals surface area contributed by atoms with E-state index in [9.17, 15) is 14.4 Å². The van der Waals surface area contributed by atoms with Crippen LogP contribution in [0.5, 0.6) is 0 Å². The summed E-state index contributed by atoms with van der Waals surface area (Å²) in [7, 11) is 0. The zero-order chi connectivity index (χ0) is 18.3. The molecule has 2 aromatic carbocycles. The average molecular weight is 362 g/mol. The largest absolute Gasteiger partial charge is 0.334 e. The van der Waals surface area contributed by atoms with Crippen LogP contribution in [0.1, 0.15) is 20.8 Å². The molecule has 0 radical (unpaired) electrons. The first-order chi connectivity index (χ1) is 12.6. The SMILES string of the molecule is Cc1c(C(=O)c2ccccc2)sc2[nH]c(=O)n(-c3ccccc3)c(=O)c12. The number of aromatic amines is 1. The fourth-order valence-electron chi connectivity index (χ4n) is 2.96. The van der Waals surface area contributed by atoms with Gasteiger partial charge in [0, 0.05) is 5.56 Å². The highest BCUT2D eigenvalue weighted by molar-refractivity contribution is 7.20. The Morgan fingerprint density at radius 1 is 0.962 bits per heavy atom. The fraction of sp³-hybridized carbons (Fsp3) is 0.0500. The van der Waals surface area contributed by atoms with Crippen LogP contribution in [-0.2, 0) is 0 Å². The second-order valence-electron chi connectivity index (χ2n) is 5.86. The normalized spacial score (nSPS) is 11.0. The average Bonchev–Trinajstić information content (AvgIpc) is 2.99. The second kappa shape index (κ2) is 6.24. The lowest BCUT2D eigenvalue weighted by Gasteiger charge is -2.04. The third-order valence-electron chi connectivity index (χ3n) is 4.24. The van der Waals surface area contributed by atoms with Crippen LogP contribution in [0.25, 0.3) is 15.9 Å². The van der Waals surface area contributed by atoms with Gasteiger partial charge in [-0.2, -0.15) is 0 Å². The minimum Gasteiger partial charge on any atom is -0.298 e. The van der Waals surface area contributed by atoms with Crippen molar-refractivity contribution in [1.29, 1.82) is 0 Å². The molecule has 0 amide bonds. The summed E-state index contributed by atoms with van der Waals surface area (Å²) in [6.45, 7) is 1.74. The zero-order valence-corrected chi connectivity index (χ0v) is 14.7.